The van der Waals surface area contributed by atoms with Gasteiger partial charge in [0.2, 0.25) is 0 Å². The second kappa shape index (κ2) is 7.19. The van der Waals surface area contributed by atoms with E-state index >= 15 is 0 Å². The van der Waals surface area contributed by atoms with E-state index < -0.39 is 0 Å². The average Bonchev–Trinajstić information content (AvgIpc) is 3.22. The molecule has 2 aliphatic heterocycles. The Bertz CT molecular complexity index is 461. The van der Waals surface area contributed by atoms with Gasteiger partial charge in [-0.05, 0) is 53.3 Å². The Morgan fingerprint density at radius 3 is 2.21 bits per heavy atom. The largest absolute Gasteiger partial charge is 0.364 e. The number of rotatable bonds is 8. The van der Waals surface area contributed by atoms with E-state index in [1.165, 1.54) is 25.9 Å². The molecule has 0 bridgehead atoms. The second-order valence-corrected chi connectivity index (χ2v) is 8.59. The van der Waals surface area contributed by atoms with Crippen LogP contribution in [0.1, 0.15) is 47.5 Å². The van der Waals surface area contributed by atoms with Crippen LogP contribution >= 0.6 is 0 Å². The maximum Gasteiger partial charge on any atom is 0.139 e. The zero-order valence-electron chi connectivity index (χ0n) is 16.7. The minimum atomic E-state index is 0.199. The summed E-state index contributed by atoms with van der Waals surface area (Å²) in [4.78, 5) is 7.67. The summed E-state index contributed by atoms with van der Waals surface area (Å²) >= 11 is 0. The van der Waals surface area contributed by atoms with Crippen molar-refractivity contribution in [3.05, 3.63) is 25.6 Å². The van der Waals surface area contributed by atoms with Crippen molar-refractivity contribution in [2.24, 2.45) is 0 Å². The SMILES string of the molecule is C=CN1CCN(C(C)(CC)CC(C)(C)N2CC[N+](C=C)(CC)C2)C1. The van der Waals surface area contributed by atoms with E-state index in [0.717, 1.165) is 37.5 Å². The van der Waals surface area contributed by atoms with Crippen molar-refractivity contribution < 1.29 is 4.48 Å². The van der Waals surface area contributed by atoms with Crippen LogP contribution in [-0.2, 0) is 0 Å². The van der Waals surface area contributed by atoms with E-state index in [4.69, 9.17) is 0 Å². The zero-order chi connectivity index (χ0) is 18.0. The molecule has 2 unspecified atom stereocenters. The number of hydrogen-bond donors (Lipinski definition) is 0. The monoisotopic (exact) mass is 335 g/mol. The maximum atomic E-state index is 4.10. The molecule has 0 saturated carbocycles. The molecule has 0 aliphatic carbocycles. The van der Waals surface area contributed by atoms with Crippen molar-refractivity contribution in [3.8, 4) is 0 Å². The van der Waals surface area contributed by atoms with E-state index in [0.29, 0.717) is 0 Å². The van der Waals surface area contributed by atoms with Gasteiger partial charge in [-0.1, -0.05) is 13.5 Å². The van der Waals surface area contributed by atoms with Gasteiger partial charge in [-0.2, -0.15) is 0 Å². The highest BCUT2D eigenvalue weighted by atomic mass is 15.5. The molecule has 2 rings (SSSR count). The molecule has 138 valence electrons. The topological polar surface area (TPSA) is 9.72 Å². The van der Waals surface area contributed by atoms with E-state index in [-0.39, 0.29) is 11.1 Å². The van der Waals surface area contributed by atoms with Gasteiger partial charge in [0.05, 0.1) is 32.5 Å². The Balaban J connectivity index is 2.09. The lowest BCUT2D eigenvalue weighted by molar-refractivity contribution is -0.870. The van der Waals surface area contributed by atoms with Crippen LogP contribution in [0.3, 0.4) is 0 Å². The first-order valence-corrected chi connectivity index (χ1v) is 9.60. The fourth-order valence-electron chi connectivity index (χ4n) is 4.54. The first-order valence-electron chi connectivity index (χ1n) is 9.60. The molecule has 0 aromatic carbocycles. The summed E-state index contributed by atoms with van der Waals surface area (Å²) in [5.41, 5.74) is 0.435. The molecule has 24 heavy (non-hydrogen) atoms. The summed E-state index contributed by atoms with van der Waals surface area (Å²) in [6.07, 6.45) is 6.52. The molecule has 0 aromatic heterocycles. The lowest BCUT2D eigenvalue weighted by Crippen LogP contribution is -2.55. The number of quaternary nitrogens is 1. The van der Waals surface area contributed by atoms with Gasteiger partial charge >= 0.3 is 0 Å². The van der Waals surface area contributed by atoms with Crippen molar-refractivity contribution in [1.82, 2.24) is 14.7 Å². The molecule has 0 aromatic rings. The molecule has 0 spiro atoms. The van der Waals surface area contributed by atoms with E-state index in [9.17, 15) is 0 Å². The highest BCUT2D eigenvalue weighted by molar-refractivity contribution is 4.98. The summed E-state index contributed by atoms with van der Waals surface area (Å²) in [6, 6.07) is 0. The van der Waals surface area contributed by atoms with Crippen molar-refractivity contribution in [1.29, 1.82) is 0 Å². The predicted octanol–water partition coefficient (Wildman–Crippen LogP) is 3.30. The minimum Gasteiger partial charge on any atom is -0.364 e. The molecule has 2 heterocycles. The van der Waals surface area contributed by atoms with E-state index in [1.54, 1.807) is 0 Å². The molecule has 0 radical (unpaired) electrons. The third kappa shape index (κ3) is 3.71. The van der Waals surface area contributed by atoms with Crippen molar-refractivity contribution in [2.45, 2.75) is 58.5 Å². The number of hydrogen-bond acceptors (Lipinski definition) is 3. The first-order chi connectivity index (χ1) is 11.2. The van der Waals surface area contributed by atoms with E-state index in [2.05, 4.69) is 68.7 Å². The zero-order valence-corrected chi connectivity index (χ0v) is 16.7. The van der Waals surface area contributed by atoms with Gasteiger partial charge in [-0.15, -0.1) is 0 Å². The molecule has 0 N–H and O–H groups in total. The molecule has 0 amide bonds. The lowest BCUT2D eigenvalue weighted by atomic mass is 9.81. The van der Waals surface area contributed by atoms with E-state index in [1.807, 2.05) is 6.20 Å². The molecule has 4 heteroatoms. The Kier molecular flexibility index (Phi) is 5.83. The fourth-order valence-corrected chi connectivity index (χ4v) is 4.54. The number of nitrogens with zero attached hydrogens (tertiary/aromatic N) is 4. The predicted molar refractivity (Wildman–Crippen MR) is 103 cm³/mol. The van der Waals surface area contributed by atoms with Gasteiger partial charge in [-0.3, -0.25) is 9.38 Å². The van der Waals surface area contributed by atoms with Crippen LogP contribution in [0.2, 0.25) is 0 Å². The Hall–Kier alpha value is -0.840. The molecular weight excluding hydrogens is 296 g/mol. The van der Waals surface area contributed by atoms with Gasteiger partial charge in [0.1, 0.15) is 6.67 Å². The molecular formula is C20H39N4+. The minimum absolute atomic E-state index is 0.199. The molecule has 2 saturated heterocycles. The van der Waals surface area contributed by atoms with Crippen LogP contribution in [-0.4, -0.2) is 76.3 Å². The molecule has 2 aliphatic rings. The Morgan fingerprint density at radius 2 is 1.75 bits per heavy atom. The molecule has 2 atom stereocenters. The molecule has 4 nitrogen and oxygen atoms in total. The van der Waals surface area contributed by atoms with Crippen molar-refractivity contribution in [3.63, 3.8) is 0 Å². The average molecular weight is 336 g/mol. The van der Waals surface area contributed by atoms with Crippen LogP contribution < -0.4 is 0 Å². The quantitative estimate of drug-likeness (QED) is 0.630. The highest BCUT2D eigenvalue weighted by Gasteiger charge is 2.45. The third-order valence-electron chi connectivity index (χ3n) is 6.75. The van der Waals surface area contributed by atoms with Gasteiger partial charge in [0.15, 0.2) is 0 Å². The standard InChI is InChI=1S/C20H39N4/c1-8-20(7,22-13-12-21(9-2)17-22)16-19(5,6)23-14-15-24(10-3,11-4)18-23/h9-10H,2-3,8,11-18H2,1,4-7H3/q+1. The molecule has 2 fully saturated rings. The van der Waals surface area contributed by atoms with Gasteiger partial charge in [0.25, 0.3) is 0 Å². The Labute approximate surface area is 150 Å². The summed E-state index contributed by atoms with van der Waals surface area (Å²) in [7, 11) is 0. The second-order valence-electron chi connectivity index (χ2n) is 8.59. The van der Waals surface area contributed by atoms with Crippen LogP contribution in [0.15, 0.2) is 25.6 Å². The van der Waals surface area contributed by atoms with Crippen LogP contribution in [0.25, 0.3) is 0 Å². The lowest BCUT2D eigenvalue weighted by Gasteiger charge is -2.46. The van der Waals surface area contributed by atoms with Crippen molar-refractivity contribution in [2.75, 3.05) is 46.1 Å². The van der Waals surface area contributed by atoms with Crippen LogP contribution in [0, 0.1) is 0 Å². The summed E-state index contributed by atoms with van der Waals surface area (Å²) in [6.45, 7) is 27.9. The van der Waals surface area contributed by atoms with Crippen LogP contribution in [0.5, 0.6) is 0 Å². The van der Waals surface area contributed by atoms with Gasteiger partial charge in [-0.25, -0.2) is 4.90 Å². The normalized spacial score (nSPS) is 29.0. The number of likely N-dealkylation sites (N-methyl/N-ethyl adjacent to an activating group) is 1. The Morgan fingerprint density at radius 1 is 1.04 bits per heavy atom. The first kappa shape index (κ1) is 19.5. The third-order valence-corrected chi connectivity index (χ3v) is 6.75. The fraction of sp³-hybridized carbons (Fsp3) is 0.800. The smallest absolute Gasteiger partial charge is 0.139 e. The van der Waals surface area contributed by atoms with Crippen molar-refractivity contribution >= 4 is 0 Å². The van der Waals surface area contributed by atoms with Crippen LogP contribution in [0.4, 0.5) is 0 Å². The summed E-state index contributed by atoms with van der Waals surface area (Å²) in [5.74, 6) is 0. The van der Waals surface area contributed by atoms with Gasteiger partial charge < -0.3 is 4.90 Å². The summed E-state index contributed by atoms with van der Waals surface area (Å²) < 4.78 is 1.03. The maximum absolute atomic E-state index is 4.10. The highest BCUT2D eigenvalue weighted by Crippen LogP contribution is 2.36. The summed E-state index contributed by atoms with van der Waals surface area (Å²) in [5, 5.41) is 0. The van der Waals surface area contributed by atoms with Gasteiger partial charge in [0, 0.05) is 24.2 Å².